The van der Waals surface area contributed by atoms with Crippen molar-refractivity contribution in [3.05, 3.63) is 35.9 Å². The molecule has 0 unspecified atom stereocenters. The zero-order valence-corrected chi connectivity index (χ0v) is 12.8. The first-order chi connectivity index (χ1) is 10.3. The third kappa shape index (κ3) is 5.48. The predicted octanol–water partition coefficient (Wildman–Crippen LogP) is 2.48. The van der Waals surface area contributed by atoms with Gasteiger partial charge in [0.1, 0.15) is 6.61 Å². The number of carbonyl (C=O) groups is 1. The van der Waals surface area contributed by atoms with Gasteiger partial charge in [-0.1, -0.05) is 37.3 Å². The van der Waals surface area contributed by atoms with E-state index in [1.54, 1.807) is 0 Å². The number of ether oxygens (including phenoxy) is 2. The molecule has 1 aliphatic rings. The van der Waals surface area contributed by atoms with E-state index in [4.69, 9.17) is 9.47 Å². The zero-order chi connectivity index (χ0) is 14.9. The molecular weight excluding hydrogens is 266 g/mol. The Morgan fingerprint density at radius 3 is 2.67 bits per heavy atom. The smallest absolute Gasteiger partial charge is 0.309 e. The molecule has 0 aromatic heterocycles. The first kappa shape index (κ1) is 16.0. The normalized spacial score (nSPS) is 17.4. The molecule has 116 valence electrons. The lowest BCUT2D eigenvalue weighted by Crippen LogP contribution is -2.38. The first-order valence-electron chi connectivity index (χ1n) is 7.80. The third-order valence-corrected chi connectivity index (χ3v) is 3.95. The first-order valence-corrected chi connectivity index (χ1v) is 7.80. The fourth-order valence-electron chi connectivity index (χ4n) is 2.50. The quantitative estimate of drug-likeness (QED) is 0.724. The van der Waals surface area contributed by atoms with Crippen molar-refractivity contribution < 1.29 is 14.3 Å². The molecule has 2 rings (SSSR count). The number of hydrogen-bond acceptors (Lipinski definition) is 4. The van der Waals surface area contributed by atoms with E-state index in [0.717, 1.165) is 51.3 Å². The molecule has 1 atom stereocenters. The summed E-state index contributed by atoms with van der Waals surface area (Å²) in [7, 11) is 0. The number of carbonyl (C=O) groups excluding carboxylic acids is 1. The second-order valence-corrected chi connectivity index (χ2v) is 5.44. The van der Waals surface area contributed by atoms with Gasteiger partial charge < -0.3 is 9.47 Å². The van der Waals surface area contributed by atoms with Gasteiger partial charge in [0, 0.05) is 13.1 Å². The van der Waals surface area contributed by atoms with Crippen LogP contribution in [0.25, 0.3) is 0 Å². The fraction of sp³-hybridized carbons (Fsp3) is 0.588. The van der Waals surface area contributed by atoms with Crippen LogP contribution >= 0.6 is 0 Å². The summed E-state index contributed by atoms with van der Waals surface area (Å²) in [5, 5.41) is 0. The fourth-order valence-corrected chi connectivity index (χ4v) is 2.50. The van der Waals surface area contributed by atoms with E-state index in [-0.39, 0.29) is 11.9 Å². The van der Waals surface area contributed by atoms with Crippen molar-refractivity contribution in [2.75, 3.05) is 32.8 Å². The van der Waals surface area contributed by atoms with Crippen molar-refractivity contribution in [1.29, 1.82) is 0 Å². The van der Waals surface area contributed by atoms with Crippen molar-refractivity contribution in [2.45, 2.75) is 26.4 Å². The highest BCUT2D eigenvalue weighted by molar-refractivity contribution is 5.72. The van der Waals surface area contributed by atoms with Crippen molar-refractivity contribution in [2.24, 2.45) is 5.92 Å². The second kappa shape index (κ2) is 8.80. The predicted molar refractivity (Wildman–Crippen MR) is 81.9 cm³/mol. The van der Waals surface area contributed by atoms with E-state index in [0.29, 0.717) is 6.61 Å². The van der Waals surface area contributed by atoms with E-state index >= 15 is 0 Å². The Bertz CT molecular complexity index is 415. The molecule has 1 aromatic rings. The second-order valence-electron chi connectivity index (χ2n) is 5.44. The average Bonchev–Trinajstić information content (AvgIpc) is 2.55. The van der Waals surface area contributed by atoms with Crippen LogP contribution in [0.1, 0.15) is 25.3 Å². The summed E-state index contributed by atoms with van der Waals surface area (Å²) in [5.74, 6) is -0.0776. The van der Waals surface area contributed by atoms with E-state index in [1.807, 2.05) is 37.3 Å². The molecule has 0 amide bonds. The van der Waals surface area contributed by atoms with E-state index in [2.05, 4.69) is 4.90 Å². The number of benzene rings is 1. The zero-order valence-electron chi connectivity index (χ0n) is 12.8. The van der Waals surface area contributed by atoms with Crippen LogP contribution in [0.2, 0.25) is 0 Å². The van der Waals surface area contributed by atoms with Gasteiger partial charge in [-0.15, -0.1) is 0 Å². The highest BCUT2D eigenvalue weighted by atomic mass is 16.5. The van der Waals surface area contributed by atoms with E-state index < -0.39 is 0 Å². The molecule has 0 bridgehead atoms. The molecule has 1 fully saturated rings. The van der Waals surface area contributed by atoms with Crippen LogP contribution in [-0.2, 0) is 20.9 Å². The average molecular weight is 291 g/mol. The summed E-state index contributed by atoms with van der Waals surface area (Å²) in [6.45, 7) is 6.90. The van der Waals surface area contributed by atoms with Crippen molar-refractivity contribution in [1.82, 2.24) is 4.90 Å². The van der Waals surface area contributed by atoms with Crippen LogP contribution < -0.4 is 0 Å². The SMILES string of the molecule is CC[C@@H](CCN1CCOCC1)C(=O)OCc1ccccc1. The lowest BCUT2D eigenvalue weighted by molar-refractivity contribution is -0.150. The number of nitrogens with zero attached hydrogens (tertiary/aromatic N) is 1. The van der Waals surface area contributed by atoms with Gasteiger partial charge in [0.15, 0.2) is 0 Å². The van der Waals surface area contributed by atoms with Crippen LogP contribution in [0.15, 0.2) is 30.3 Å². The van der Waals surface area contributed by atoms with Gasteiger partial charge in [-0.25, -0.2) is 0 Å². The minimum absolute atomic E-state index is 0.00319. The maximum Gasteiger partial charge on any atom is 0.309 e. The Kier molecular flexibility index (Phi) is 6.70. The number of hydrogen-bond donors (Lipinski definition) is 0. The van der Waals surface area contributed by atoms with Crippen molar-refractivity contribution in [3.63, 3.8) is 0 Å². The molecule has 21 heavy (non-hydrogen) atoms. The molecule has 0 saturated carbocycles. The standard InChI is InChI=1S/C17H25NO3/c1-2-16(8-9-18-10-12-20-13-11-18)17(19)21-14-15-6-4-3-5-7-15/h3-7,16H,2,8-14H2,1H3/t16-/m0/s1. The Labute approximate surface area is 127 Å². The minimum atomic E-state index is -0.0744. The number of esters is 1. The molecule has 1 saturated heterocycles. The topological polar surface area (TPSA) is 38.8 Å². The van der Waals surface area contributed by atoms with Gasteiger partial charge in [-0.3, -0.25) is 9.69 Å². The van der Waals surface area contributed by atoms with Gasteiger partial charge in [0.25, 0.3) is 0 Å². The van der Waals surface area contributed by atoms with Gasteiger partial charge in [0.2, 0.25) is 0 Å². The number of morpholine rings is 1. The van der Waals surface area contributed by atoms with E-state index in [9.17, 15) is 4.79 Å². The van der Waals surface area contributed by atoms with Crippen LogP contribution in [0.3, 0.4) is 0 Å². The maximum atomic E-state index is 12.2. The van der Waals surface area contributed by atoms with Crippen LogP contribution in [-0.4, -0.2) is 43.7 Å². The molecule has 1 aliphatic heterocycles. The Balaban J connectivity index is 1.72. The minimum Gasteiger partial charge on any atom is -0.461 e. The monoisotopic (exact) mass is 291 g/mol. The summed E-state index contributed by atoms with van der Waals surface area (Å²) >= 11 is 0. The molecule has 0 aliphatic carbocycles. The van der Waals surface area contributed by atoms with Gasteiger partial charge in [0.05, 0.1) is 19.1 Å². The van der Waals surface area contributed by atoms with Gasteiger partial charge >= 0.3 is 5.97 Å². The molecule has 1 heterocycles. The molecule has 4 heteroatoms. The van der Waals surface area contributed by atoms with Crippen molar-refractivity contribution in [3.8, 4) is 0 Å². The molecular formula is C17H25NO3. The summed E-state index contributed by atoms with van der Waals surface area (Å²) in [4.78, 5) is 14.5. The highest BCUT2D eigenvalue weighted by Crippen LogP contribution is 2.14. The Morgan fingerprint density at radius 1 is 1.29 bits per heavy atom. The summed E-state index contributed by atoms with van der Waals surface area (Å²) in [5.41, 5.74) is 1.04. The highest BCUT2D eigenvalue weighted by Gasteiger charge is 2.20. The Hall–Kier alpha value is -1.39. The maximum absolute atomic E-state index is 12.2. The van der Waals surface area contributed by atoms with Gasteiger partial charge in [-0.2, -0.15) is 0 Å². The lowest BCUT2D eigenvalue weighted by Gasteiger charge is -2.27. The summed E-state index contributed by atoms with van der Waals surface area (Å²) in [6.07, 6.45) is 1.70. The van der Waals surface area contributed by atoms with Crippen LogP contribution in [0, 0.1) is 5.92 Å². The van der Waals surface area contributed by atoms with Crippen LogP contribution in [0.5, 0.6) is 0 Å². The molecule has 0 radical (unpaired) electrons. The third-order valence-electron chi connectivity index (χ3n) is 3.95. The number of rotatable bonds is 7. The van der Waals surface area contributed by atoms with E-state index in [1.165, 1.54) is 0 Å². The lowest BCUT2D eigenvalue weighted by atomic mass is 10.0. The summed E-state index contributed by atoms with van der Waals surface area (Å²) < 4.78 is 10.8. The Morgan fingerprint density at radius 2 is 2.00 bits per heavy atom. The molecule has 4 nitrogen and oxygen atoms in total. The van der Waals surface area contributed by atoms with Crippen LogP contribution in [0.4, 0.5) is 0 Å². The largest absolute Gasteiger partial charge is 0.461 e. The summed E-state index contributed by atoms with van der Waals surface area (Å²) in [6, 6.07) is 9.82. The van der Waals surface area contributed by atoms with Crippen molar-refractivity contribution >= 4 is 5.97 Å². The molecule has 1 aromatic carbocycles. The molecule has 0 N–H and O–H groups in total. The van der Waals surface area contributed by atoms with Gasteiger partial charge in [-0.05, 0) is 24.9 Å². The molecule has 0 spiro atoms.